The summed E-state index contributed by atoms with van der Waals surface area (Å²) >= 11 is 0. The van der Waals surface area contributed by atoms with Crippen molar-refractivity contribution >= 4 is 35.9 Å². The number of rotatable bonds is 3. The first-order chi connectivity index (χ1) is 7.80. The molecule has 2 aromatic rings. The van der Waals surface area contributed by atoms with E-state index in [0.717, 1.165) is 22.3 Å². The van der Waals surface area contributed by atoms with Gasteiger partial charge in [0, 0.05) is 10.9 Å². The molecule has 0 amide bonds. The minimum Gasteiger partial charge on any atom is -0.456 e. The van der Waals surface area contributed by atoms with Crippen LogP contribution in [0, 0.1) is 0 Å². The van der Waals surface area contributed by atoms with Gasteiger partial charge in [-0.3, -0.25) is 0 Å². The Morgan fingerprint density at radius 3 is 2.81 bits per heavy atom. The molecule has 1 aromatic heterocycles. The molecule has 0 aliphatic rings. The lowest BCUT2D eigenvalue weighted by atomic mass is 9.73. The predicted molar refractivity (Wildman–Crippen MR) is 72.3 cm³/mol. The van der Waals surface area contributed by atoms with Gasteiger partial charge in [0.15, 0.2) is 0 Å². The standard InChI is InChI=1S/C14H14BO/c1-4-6-11-12-9-10(15-3)7-8-14(12)16-13(11)5-2/h4-9H,2H2,1,3H3/b6-4-. The molecule has 0 N–H and O–H groups in total. The Morgan fingerprint density at radius 1 is 1.38 bits per heavy atom. The van der Waals surface area contributed by atoms with Gasteiger partial charge in [-0.1, -0.05) is 43.1 Å². The maximum Gasteiger partial charge on any atom is 0.148 e. The first-order valence-corrected chi connectivity index (χ1v) is 5.41. The molecular weight excluding hydrogens is 195 g/mol. The van der Waals surface area contributed by atoms with Gasteiger partial charge in [0.05, 0.1) is 0 Å². The SMILES string of the molecule is C=Cc1oc2ccc([B]C)cc2c1/C=C\C. The monoisotopic (exact) mass is 209 g/mol. The normalized spacial score (nSPS) is 11.1. The van der Waals surface area contributed by atoms with Gasteiger partial charge >= 0.3 is 0 Å². The molecule has 1 radical (unpaired) electrons. The molecule has 16 heavy (non-hydrogen) atoms. The smallest absolute Gasteiger partial charge is 0.148 e. The highest BCUT2D eigenvalue weighted by Gasteiger charge is 2.09. The lowest BCUT2D eigenvalue weighted by Gasteiger charge is -1.95. The molecule has 2 rings (SSSR count). The van der Waals surface area contributed by atoms with Crippen LogP contribution >= 0.6 is 0 Å². The van der Waals surface area contributed by atoms with Crippen molar-refractivity contribution in [2.24, 2.45) is 0 Å². The zero-order chi connectivity index (χ0) is 11.5. The molecule has 0 saturated carbocycles. The molecule has 79 valence electrons. The second-order valence-corrected chi connectivity index (χ2v) is 3.63. The van der Waals surface area contributed by atoms with E-state index < -0.39 is 0 Å². The summed E-state index contributed by atoms with van der Waals surface area (Å²) in [5, 5.41) is 1.14. The van der Waals surface area contributed by atoms with E-state index in [1.54, 1.807) is 6.08 Å². The molecule has 1 nitrogen and oxygen atoms in total. The van der Waals surface area contributed by atoms with Gasteiger partial charge in [0.1, 0.15) is 18.6 Å². The van der Waals surface area contributed by atoms with Crippen molar-refractivity contribution in [3.8, 4) is 0 Å². The van der Waals surface area contributed by atoms with Gasteiger partial charge in [-0.05, 0) is 19.1 Å². The third-order valence-corrected chi connectivity index (χ3v) is 2.63. The van der Waals surface area contributed by atoms with Crippen LogP contribution in [0.2, 0.25) is 6.82 Å². The summed E-state index contributed by atoms with van der Waals surface area (Å²) in [6, 6.07) is 6.20. The minimum absolute atomic E-state index is 0.835. The first-order valence-electron chi connectivity index (χ1n) is 5.41. The van der Waals surface area contributed by atoms with Crippen LogP contribution in [0.1, 0.15) is 18.2 Å². The number of benzene rings is 1. The zero-order valence-electron chi connectivity index (χ0n) is 9.66. The van der Waals surface area contributed by atoms with E-state index in [9.17, 15) is 0 Å². The van der Waals surface area contributed by atoms with E-state index in [4.69, 9.17) is 4.42 Å². The van der Waals surface area contributed by atoms with Crippen molar-refractivity contribution in [3.63, 3.8) is 0 Å². The van der Waals surface area contributed by atoms with E-state index in [0.29, 0.717) is 0 Å². The molecule has 2 heteroatoms. The van der Waals surface area contributed by atoms with Crippen LogP contribution in [0.15, 0.2) is 35.3 Å². The Labute approximate surface area is 96.7 Å². The van der Waals surface area contributed by atoms with E-state index >= 15 is 0 Å². The summed E-state index contributed by atoms with van der Waals surface area (Å²) in [6.45, 7) is 7.81. The number of allylic oxidation sites excluding steroid dienone is 1. The summed E-state index contributed by atoms with van der Waals surface area (Å²) < 4.78 is 5.72. The molecule has 1 heterocycles. The van der Waals surface area contributed by atoms with Gasteiger partial charge in [-0.25, -0.2) is 0 Å². The Bertz CT molecular complexity index is 549. The fourth-order valence-corrected chi connectivity index (χ4v) is 1.82. The van der Waals surface area contributed by atoms with E-state index in [1.807, 2.05) is 25.9 Å². The third-order valence-electron chi connectivity index (χ3n) is 2.63. The number of fused-ring (bicyclic) bond motifs is 1. The largest absolute Gasteiger partial charge is 0.456 e. The molecule has 0 bridgehead atoms. The molecule has 0 fully saturated rings. The molecule has 0 unspecified atom stereocenters. The van der Waals surface area contributed by atoms with Gasteiger partial charge in [-0.15, -0.1) is 0 Å². The zero-order valence-corrected chi connectivity index (χ0v) is 9.66. The summed E-state index contributed by atoms with van der Waals surface area (Å²) in [6.07, 6.45) is 5.83. The van der Waals surface area contributed by atoms with Crippen LogP contribution in [0.5, 0.6) is 0 Å². The topological polar surface area (TPSA) is 13.1 Å². The Kier molecular flexibility index (Phi) is 3.00. The fraction of sp³-hybridized carbons (Fsp3) is 0.143. The number of hydrogen-bond donors (Lipinski definition) is 0. The predicted octanol–water partition coefficient (Wildman–Crippen LogP) is 3.49. The van der Waals surface area contributed by atoms with Crippen molar-refractivity contribution in [1.82, 2.24) is 0 Å². The van der Waals surface area contributed by atoms with Crippen LogP contribution in [0.3, 0.4) is 0 Å². The van der Waals surface area contributed by atoms with Crippen LogP contribution in [0.4, 0.5) is 0 Å². The molecule has 0 aliphatic carbocycles. The van der Waals surface area contributed by atoms with Gasteiger partial charge < -0.3 is 4.42 Å². The lowest BCUT2D eigenvalue weighted by Crippen LogP contribution is -2.08. The van der Waals surface area contributed by atoms with Crippen molar-refractivity contribution in [3.05, 3.63) is 42.2 Å². The second kappa shape index (κ2) is 4.44. The summed E-state index contributed by atoms with van der Waals surface area (Å²) in [4.78, 5) is 0. The van der Waals surface area contributed by atoms with Gasteiger partial charge in [0.25, 0.3) is 0 Å². The Morgan fingerprint density at radius 2 is 2.19 bits per heavy atom. The maximum absolute atomic E-state index is 5.72. The second-order valence-electron chi connectivity index (χ2n) is 3.63. The van der Waals surface area contributed by atoms with Gasteiger partial charge in [-0.2, -0.15) is 0 Å². The van der Waals surface area contributed by atoms with Gasteiger partial charge in [0.2, 0.25) is 0 Å². The minimum atomic E-state index is 0.835. The van der Waals surface area contributed by atoms with Crippen LogP contribution in [-0.4, -0.2) is 7.28 Å². The van der Waals surface area contributed by atoms with E-state index in [-0.39, 0.29) is 0 Å². The maximum atomic E-state index is 5.72. The number of hydrogen-bond acceptors (Lipinski definition) is 1. The van der Waals surface area contributed by atoms with Crippen LogP contribution in [-0.2, 0) is 0 Å². The van der Waals surface area contributed by atoms with Crippen LogP contribution < -0.4 is 5.46 Å². The molecular formula is C14H14BO. The molecule has 0 spiro atoms. The van der Waals surface area contributed by atoms with Crippen LogP contribution in [0.25, 0.3) is 23.1 Å². The summed E-state index contributed by atoms with van der Waals surface area (Å²) in [5.74, 6) is 0.835. The van der Waals surface area contributed by atoms with E-state index in [1.165, 1.54) is 5.46 Å². The van der Waals surface area contributed by atoms with Crippen molar-refractivity contribution in [2.45, 2.75) is 13.7 Å². The average molecular weight is 209 g/mol. The number of furan rings is 1. The molecule has 0 saturated heterocycles. The highest BCUT2D eigenvalue weighted by atomic mass is 16.3. The highest BCUT2D eigenvalue weighted by molar-refractivity contribution is 6.52. The molecule has 0 atom stereocenters. The quantitative estimate of drug-likeness (QED) is 0.705. The van der Waals surface area contributed by atoms with E-state index in [2.05, 4.69) is 32.1 Å². The third kappa shape index (κ3) is 1.71. The fourth-order valence-electron chi connectivity index (χ4n) is 1.82. The summed E-state index contributed by atoms with van der Waals surface area (Å²) in [7, 11) is 2.08. The van der Waals surface area contributed by atoms with Crippen molar-refractivity contribution in [1.29, 1.82) is 0 Å². The Hall–Kier alpha value is -1.70. The highest BCUT2D eigenvalue weighted by Crippen LogP contribution is 2.27. The summed E-state index contributed by atoms with van der Waals surface area (Å²) in [5.41, 5.74) is 3.22. The lowest BCUT2D eigenvalue weighted by molar-refractivity contribution is 0.603. The first kappa shape index (κ1) is 10.8. The molecule has 1 aromatic carbocycles. The van der Waals surface area contributed by atoms with Crippen molar-refractivity contribution in [2.75, 3.05) is 0 Å². The van der Waals surface area contributed by atoms with Crippen molar-refractivity contribution < 1.29 is 4.42 Å². The molecule has 0 aliphatic heterocycles. The Balaban J connectivity index is 2.75. The average Bonchev–Trinajstić information content (AvgIpc) is 2.67.